The zero-order chi connectivity index (χ0) is 19.1. The summed E-state index contributed by atoms with van der Waals surface area (Å²) < 4.78 is 14.9. The minimum atomic E-state index is -0.929. The lowest BCUT2D eigenvalue weighted by molar-refractivity contribution is 0.426. The van der Waals surface area contributed by atoms with Crippen LogP contribution in [0.5, 0.6) is 5.88 Å². The molecule has 0 atom stereocenters. The van der Waals surface area contributed by atoms with Crippen molar-refractivity contribution in [2.24, 2.45) is 4.99 Å². The lowest BCUT2D eigenvalue weighted by Crippen LogP contribution is -2.31. The summed E-state index contributed by atoms with van der Waals surface area (Å²) in [6.45, 7) is 1.78. The van der Waals surface area contributed by atoms with Gasteiger partial charge in [0.2, 0.25) is 5.88 Å². The second-order valence-electron chi connectivity index (χ2n) is 6.06. The molecule has 0 radical (unpaired) electrons. The average Bonchev–Trinajstić information content (AvgIpc) is 2.95. The van der Waals surface area contributed by atoms with Gasteiger partial charge >= 0.3 is 5.69 Å². The molecule has 0 unspecified atom stereocenters. The minimum Gasteiger partial charge on any atom is -0.494 e. The SMILES string of the molecule is CC1=Nc2ccccc2/C1=C/c1c(O)n(-c2ccccc2F)c(=O)[nH]c1=O. The molecule has 2 N–H and O–H groups in total. The van der Waals surface area contributed by atoms with Gasteiger partial charge in [-0.15, -0.1) is 0 Å². The fourth-order valence-electron chi connectivity index (χ4n) is 3.09. The van der Waals surface area contributed by atoms with Crippen LogP contribution in [0.25, 0.3) is 17.3 Å². The number of aromatic nitrogens is 2. The molecule has 7 heteroatoms. The Morgan fingerprint density at radius 3 is 2.59 bits per heavy atom. The Balaban J connectivity index is 1.98. The van der Waals surface area contributed by atoms with Gasteiger partial charge in [-0.25, -0.2) is 13.8 Å². The van der Waals surface area contributed by atoms with E-state index in [1.165, 1.54) is 24.3 Å². The van der Waals surface area contributed by atoms with Crippen LogP contribution < -0.4 is 11.2 Å². The predicted molar refractivity (Wildman–Crippen MR) is 101 cm³/mol. The van der Waals surface area contributed by atoms with Crippen LogP contribution in [0.2, 0.25) is 0 Å². The number of aromatic hydroxyl groups is 1. The quantitative estimate of drug-likeness (QED) is 0.734. The highest BCUT2D eigenvalue weighted by molar-refractivity contribution is 6.31. The van der Waals surface area contributed by atoms with Crippen LogP contribution in [0.1, 0.15) is 18.1 Å². The molecule has 3 aromatic rings. The summed E-state index contributed by atoms with van der Waals surface area (Å²) in [4.78, 5) is 31.1. The molecular weight excluding hydrogens is 349 g/mol. The number of rotatable bonds is 2. The second kappa shape index (κ2) is 6.21. The zero-order valence-electron chi connectivity index (χ0n) is 14.2. The van der Waals surface area contributed by atoms with Crippen molar-refractivity contribution in [1.29, 1.82) is 0 Å². The number of hydrogen-bond donors (Lipinski definition) is 2. The first-order chi connectivity index (χ1) is 13.0. The van der Waals surface area contributed by atoms with Gasteiger partial charge in [-0.05, 0) is 31.2 Å². The normalized spacial score (nSPS) is 14.3. The molecule has 0 spiro atoms. The van der Waals surface area contributed by atoms with Crippen LogP contribution >= 0.6 is 0 Å². The molecule has 1 aromatic heterocycles. The molecule has 4 rings (SSSR count). The highest BCUT2D eigenvalue weighted by Gasteiger charge is 2.21. The van der Waals surface area contributed by atoms with Gasteiger partial charge in [-0.2, -0.15) is 0 Å². The zero-order valence-corrected chi connectivity index (χ0v) is 14.2. The first-order valence-corrected chi connectivity index (χ1v) is 8.17. The Labute approximate surface area is 152 Å². The second-order valence-corrected chi connectivity index (χ2v) is 6.06. The summed E-state index contributed by atoms with van der Waals surface area (Å²) in [5.41, 5.74) is 0.852. The van der Waals surface area contributed by atoms with E-state index < -0.39 is 22.9 Å². The summed E-state index contributed by atoms with van der Waals surface area (Å²) in [6.07, 6.45) is 1.45. The largest absolute Gasteiger partial charge is 0.494 e. The van der Waals surface area contributed by atoms with Gasteiger partial charge in [0.1, 0.15) is 11.4 Å². The van der Waals surface area contributed by atoms with Crippen molar-refractivity contribution in [3.63, 3.8) is 0 Å². The summed E-state index contributed by atoms with van der Waals surface area (Å²) in [5, 5.41) is 10.6. The Morgan fingerprint density at radius 2 is 1.81 bits per heavy atom. The molecule has 0 amide bonds. The molecule has 134 valence electrons. The first-order valence-electron chi connectivity index (χ1n) is 8.17. The van der Waals surface area contributed by atoms with Crippen molar-refractivity contribution >= 4 is 23.0 Å². The van der Waals surface area contributed by atoms with E-state index in [2.05, 4.69) is 9.98 Å². The van der Waals surface area contributed by atoms with E-state index in [1.54, 1.807) is 6.92 Å². The topological polar surface area (TPSA) is 87.4 Å². The third-order valence-corrected chi connectivity index (χ3v) is 4.38. The molecule has 0 aliphatic carbocycles. The highest BCUT2D eigenvalue weighted by atomic mass is 19.1. The molecule has 2 heterocycles. The highest BCUT2D eigenvalue weighted by Crippen LogP contribution is 2.36. The van der Waals surface area contributed by atoms with E-state index in [0.29, 0.717) is 11.3 Å². The number of allylic oxidation sites excluding steroid dienone is 1. The predicted octanol–water partition coefficient (Wildman–Crippen LogP) is 3.02. The van der Waals surface area contributed by atoms with Gasteiger partial charge in [-0.1, -0.05) is 30.3 Å². The molecule has 1 aliphatic heterocycles. The Kier molecular flexibility index (Phi) is 3.84. The maximum absolute atomic E-state index is 14.1. The molecule has 1 aliphatic rings. The third-order valence-electron chi connectivity index (χ3n) is 4.38. The average molecular weight is 363 g/mol. The molecule has 2 aromatic carbocycles. The number of nitrogens with one attached hydrogen (secondary N) is 1. The summed E-state index contributed by atoms with van der Waals surface area (Å²) >= 11 is 0. The van der Waals surface area contributed by atoms with Crippen LogP contribution in [0.3, 0.4) is 0 Å². The van der Waals surface area contributed by atoms with Crippen LogP contribution in [0, 0.1) is 5.82 Å². The lowest BCUT2D eigenvalue weighted by Gasteiger charge is -2.11. The Hall–Kier alpha value is -3.74. The lowest BCUT2D eigenvalue weighted by atomic mass is 10.0. The number of fused-ring (bicyclic) bond motifs is 1. The van der Waals surface area contributed by atoms with Gasteiger partial charge in [-0.3, -0.25) is 14.8 Å². The van der Waals surface area contributed by atoms with Gasteiger partial charge in [0.25, 0.3) is 5.56 Å². The standard InChI is InChI=1S/C20H14FN3O3/c1-11-13(12-6-2-4-8-16(12)22-11)10-14-18(25)23-20(27)24(19(14)26)17-9-5-3-7-15(17)21/h2-10,26H,1H3,(H,23,25,27)/b13-10+. The summed E-state index contributed by atoms with van der Waals surface area (Å²) in [7, 11) is 0. The van der Waals surface area contributed by atoms with Crippen LogP contribution in [0.4, 0.5) is 10.1 Å². The summed E-state index contributed by atoms with van der Waals surface area (Å²) in [5.74, 6) is -1.34. The number of para-hydroxylation sites is 2. The van der Waals surface area contributed by atoms with Crippen LogP contribution in [-0.4, -0.2) is 20.4 Å². The fraction of sp³-hybridized carbons (Fsp3) is 0.0500. The maximum Gasteiger partial charge on any atom is 0.335 e. The molecular formula is C20H14FN3O3. The number of aromatic amines is 1. The van der Waals surface area contributed by atoms with E-state index >= 15 is 0 Å². The molecule has 27 heavy (non-hydrogen) atoms. The van der Waals surface area contributed by atoms with E-state index in [1.807, 2.05) is 24.3 Å². The monoisotopic (exact) mass is 363 g/mol. The van der Waals surface area contributed by atoms with E-state index in [4.69, 9.17) is 0 Å². The number of aliphatic imine (C=N–C) groups is 1. The van der Waals surface area contributed by atoms with Gasteiger partial charge in [0.05, 0.1) is 11.4 Å². The van der Waals surface area contributed by atoms with Crippen molar-refractivity contribution in [3.8, 4) is 11.6 Å². The van der Waals surface area contributed by atoms with Gasteiger partial charge in [0.15, 0.2) is 0 Å². The Bertz CT molecular complexity index is 1250. The number of benzene rings is 2. The molecule has 0 saturated carbocycles. The molecule has 0 saturated heterocycles. The van der Waals surface area contributed by atoms with Crippen LogP contribution in [-0.2, 0) is 0 Å². The van der Waals surface area contributed by atoms with Gasteiger partial charge in [0, 0.05) is 16.8 Å². The first kappa shape index (κ1) is 16.7. The van der Waals surface area contributed by atoms with E-state index in [0.717, 1.165) is 21.9 Å². The van der Waals surface area contributed by atoms with E-state index in [-0.39, 0.29) is 11.3 Å². The van der Waals surface area contributed by atoms with E-state index in [9.17, 15) is 19.1 Å². The van der Waals surface area contributed by atoms with Crippen molar-refractivity contribution in [2.75, 3.05) is 0 Å². The molecule has 6 nitrogen and oxygen atoms in total. The van der Waals surface area contributed by atoms with Crippen LogP contribution in [0.15, 0.2) is 63.1 Å². The third kappa shape index (κ3) is 2.69. The maximum atomic E-state index is 14.1. The fourth-order valence-corrected chi connectivity index (χ4v) is 3.09. The number of nitrogens with zero attached hydrogens (tertiary/aromatic N) is 2. The van der Waals surface area contributed by atoms with Crippen molar-refractivity contribution < 1.29 is 9.50 Å². The molecule has 0 fully saturated rings. The smallest absolute Gasteiger partial charge is 0.335 e. The Morgan fingerprint density at radius 1 is 1.11 bits per heavy atom. The van der Waals surface area contributed by atoms with Crippen molar-refractivity contribution in [2.45, 2.75) is 6.92 Å². The minimum absolute atomic E-state index is 0.154. The molecule has 0 bridgehead atoms. The van der Waals surface area contributed by atoms with Gasteiger partial charge < -0.3 is 5.11 Å². The van der Waals surface area contributed by atoms with Crippen molar-refractivity contribution in [3.05, 3.63) is 86.3 Å². The summed E-state index contributed by atoms with van der Waals surface area (Å²) in [6, 6.07) is 12.9. The number of halogens is 1. The van der Waals surface area contributed by atoms with Crippen molar-refractivity contribution in [1.82, 2.24) is 9.55 Å². The number of hydrogen-bond acceptors (Lipinski definition) is 4. The number of H-pyrrole nitrogens is 1.